The number of benzene rings is 1. The van der Waals surface area contributed by atoms with Gasteiger partial charge in [0.05, 0.1) is 0 Å². The quantitative estimate of drug-likeness (QED) is 0.817. The van der Waals surface area contributed by atoms with Crippen LogP contribution in [0.4, 0.5) is 11.6 Å². The number of anilines is 2. The molecule has 2 aromatic rings. The van der Waals surface area contributed by atoms with E-state index in [0.717, 1.165) is 49.8 Å². The molecule has 0 radical (unpaired) electrons. The molecule has 0 N–H and O–H groups in total. The molecule has 0 aliphatic carbocycles. The Morgan fingerprint density at radius 1 is 0.786 bits per heavy atom. The van der Waals surface area contributed by atoms with Gasteiger partial charge >= 0.3 is 0 Å². The minimum Gasteiger partial charge on any atom is -0.355 e. The van der Waals surface area contributed by atoms with Crippen LogP contribution in [0, 0.1) is 0 Å². The number of carbonyl (C=O) groups excluding carboxylic acids is 1. The van der Waals surface area contributed by atoms with E-state index in [0.29, 0.717) is 13.1 Å². The maximum Gasteiger partial charge on any atom is 0.253 e. The third-order valence-corrected chi connectivity index (χ3v) is 5.82. The highest BCUT2D eigenvalue weighted by molar-refractivity contribution is 5.94. The smallest absolute Gasteiger partial charge is 0.253 e. The minimum atomic E-state index is 0.119. The molecule has 2 aliphatic heterocycles. The fourth-order valence-electron chi connectivity index (χ4n) is 3.98. The summed E-state index contributed by atoms with van der Waals surface area (Å²) in [6, 6.07) is 12.1. The number of aryl methyl sites for hydroxylation is 1. The Labute approximate surface area is 167 Å². The highest BCUT2D eigenvalue weighted by Crippen LogP contribution is 2.20. The molecule has 6 heteroatoms. The molecule has 0 saturated carbocycles. The van der Waals surface area contributed by atoms with E-state index in [4.69, 9.17) is 0 Å². The van der Waals surface area contributed by atoms with Crippen molar-refractivity contribution < 1.29 is 4.79 Å². The summed E-state index contributed by atoms with van der Waals surface area (Å²) in [5, 5.41) is 8.90. The summed E-state index contributed by atoms with van der Waals surface area (Å²) in [5.74, 6) is 2.00. The highest BCUT2D eigenvalue weighted by atomic mass is 16.2. The first-order valence-electron chi connectivity index (χ1n) is 10.5. The third-order valence-electron chi connectivity index (χ3n) is 5.82. The van der Waals surface area contributed by atoms with E-state index in [1.165, 1.54) is 24.8 Å². The van der Waals surface area contributed by atoms with Crippen LogP contribution >= 0.6 is 0 Å². The molecule has 0 bridgehead atoms. The van der Waals surface area contributed by atoms with Crippen LogP contribution in [-0.4, -0.2) is 60.3 Å². The van der Waals surface area contributed by atoms with Crippen molar-refractivity contribution in [1.29, 1.82) is 0 Å². The van der Waals surface area contributed by atoms with Gasteiger partial charge in [0, 0.05) is 44.8 Å². The summed E-state index contributed by atoms with van der Waals surface area (Å²) < 4.78 is 0. The molecule has 2 fully saturated rings. The number of piperazine rings is 1. The summed E-state index contributed by atoms with van der Waals surface area (Å²) in [4.78, 5) is 19.2. The second-order valence-electron chi connectivity index (χ2n) is 7.63. The van der Waals surface area contributed by atoms with Gasteiger partial charge < -0.3 is 14.7 Å². The van der Waals surface area contributed by atoms with Gasteiger partial charge in [-0.25, -0.2) is 0 Å². The summed E-state index contributed by atoms with van der Waals surface area (Å²) in [6.07, 6.45) is 4.78. The van der Waals surface area contributed by atoms with Gasteiger partial charge in [-0.1, -0.05) is 19.1 Å². The number of hydrogen-bond acceptors (Lipinski definition) is 5. The van der Waals surface area contributed by atoms with E-state index in [9.17, 15) is 4.79 Å². The van der Waals surface area contributed by atoms with Crippen LogP contribution in [0.2, 0.25) is 0 Å². The van der Waals surface area contributed by atoms with Crippen LogP contribution in [-0.2, 0) is 6.42 Å². The monoisotopic (exact) mass is 379 g/mol. The summed E-state index contributed by atoms with van der Waals surface area (Å²) in [5.41, 5.74) is 2.03. The van der Waals surface area contributed by atoms with Gasteiger partial charge in [0.1, 0.15) is 0 Å². The fourth-order valence-corrected chi connectivity index (χ4v) is 3.98. The molecule has 2 aliphatic rings. The number of carbonyl (C=O) groups is 1. The number of hydrogen-bond donors (Lipinski definition) is 0. The molecule has 0 spiro atoms. The van der Waals surface area contributed by atoms with Gasteiger partial charge in [-0.3, -0.25) is 4.79 Å². The Morgan fingerprint density at radius 2 is 1.36 bits per heavy atom. The largest absolute Gasteiger partial charge is 0.355 e. The van der Waals surface area contributed by atoms with Crippen molar-refractivity contribution in [2.45, 2.75) is 32.6 Å². The zero-order chi connectivity index (χ0) is 19.3. The van der Waals surface area contributed by atoms with E-state index in [2.05, 4.69) is 39.1 Å². The van der Waals surface area contributed by atoms with E-state index in [-0.39, 0.29) is 5.91 Å². The van der Waals surface area contributed by atoms with Crippen LogP contribution < -0.4 is 9.80 Å². The lowest BCUT2D eigenvalue weighted by Crippen LogP contribution is -2.49. The highest BCUT2D eigenvalue weighted by Gasteiger charge is 2.23. The number of aromatic nitrogens is 2. The molecular weight excluding hydrogens is 350 g/mol. The standard InChI is InChI=1S/C22H29N5O/c1-2-18-6-8-19(9-7-18)22(28)27-16-14-26(15-17-27)21-11-10-20(23-24-21)25-12-4-3-5-13-25/h6-11H,2-5,12-17H2,1H3. The van der Waals surface area contributed by atoms with Crippen molar-refractivity contribution in [2.75, 3.05) is 49.1 Å². The fraction of sp³-hybridized carbons (Fsp3) is 0.500. The first-order chi connectivity index (χ1) is 13.7. The van der Waals surface area contributed by atoms with E-state index >= 15 is 0 Å². The predicted molar refractivity (Wildman–Crippen MR) is 112 cm³/mol. The van der Waals surface area contributed by atoms with Gasteiger partial charge in [-0.05, 0) is 55.5 Å². The average molecular weight is 380 g/mol. The first kappa shape index (κ1) is 18.7. The molecule has 4 rings (SSSR count). The Kier molecular flexibility index (Phi) is 5.74. The van der Waals surface area contributed by atoms with E-state index in [1.54, 1.807) is 0 Å². The second kappa shape index (κ2) is 8.59. The SMILES string of the molecule is CCc1ccc(C(=O)N2CCN(c3ccc(N4CCCCC4)nn3)CC2)cc1. The van der Waals surface area contributed by atoms with Crippen LogP contribution in [0.3, 0.4) is 0 Å². The van der Waals surface area contributed by atoms with Crippen molar-refractivity contribution in [1.82, 2.24) is 15.1 Å². The molecule has 1 amide bonds. The lowest BCUT2D eigenvalue weighted by atomic mass is 10.1. The molecule has 3 heterocycles. The van der Waals surface area contributed by atoms with Crippen LogP contribution in [0.15, 0.2) is 36.4 Å². The summed E-state index contributed by atoms with van der Waals surface area (Å²) >= 11 is 0. The molecule has 1 aromatic heterocycles. The topological polar surface area (TPSA) is 52.6 Å². The van der Waals surface area contributed by atoms with E-state index < -0.39 is 0 Å². The van der Waals surface area contributed by atoms with Crippen molar-refractivity contribution in [3.05, 3.63) is 47.5 Å². The van der Waals surface area contributed by atoms with Crippen LogP contribution in [0.5, 0.6) is 0 Å². The molecule has 0 unspecified atom stereocenters. The summed E-state index contributed by atoms with van der Waals surface area (Å²) in [7, 11) is 0. The molecule has 6 nitrogen and oxygen atoms in total. The first-order valence-corrected chi connectivity index (χ1v) is 10.5. The van der Waals surface area contributed by atoms with Crippen molar-refractivity contribution in [3.63, 3.8) is 0 Å². The molecule has 1 aromatic carbocycles. The Bertz CT molecular complexity index is 776. The number of rotatable bonds is 4. The zero-order valence-electron chi connectivity index (χ0n) is 16.7. The third kappa shape index (κ3) is 4.11. The van der Waals surface area contributed by atoms with Gasteiger partial charge in [0.25, 0.3) is 5.91 Å². The Hall–Kier alpha value is -2.63. The van der Waals surface area contributed by atoms with Crippen LogP contribution in [0.1, 0.15) is 42.1 Å². The predicted octanol–water partition coefficient (Wildman–Crippen LogP) is 2.99. The van der Waals surface area contributed by atoms with Crippen molar-refractivity contribution in [2.24, 2.45) is 0 Å². The molecule has 0 atom stereocenters. The molecule has 2 saturated heterocycles. The van der Waals surface area contributed by atoms with Crippen molar-refractivity contribution in [3.8, 4) is 0 Å². The maximum atomic E-state index is 12.7. The van der Waals surface area contributed by atoms with E-state index in [1.807, 2.05) is 29.2 Å². The molecular formula is C22H29N5O. The lowest BCUT2D eigenvalue weighted by molar-refractivity contribution is 0.0746. The second-order valence-corrected chi connectivity index (χ2v) is 7.63. The lowest BCUT2D eigenvalue weighted by Gasteiger charge is -2.35. The number of nitrogens with zero attached hydrogens (tertiary/aromatic N) is 5. The zero-order valence-corrected chi connectivity index (χ0v) is 16.7. The average Bonchev–Trinajstić information content (AvgIpc) is 2.79. The van der Waals surface area contributed by atoms with Gasteiger partial charge in [-0.2, -0.15) is 0 Å². The van der Waals surface area contributed by atoms with Gasteiger partial charge in [0.15, 0.2) is 11.6 Å². The molecule has 28 heavy (non-hydrogen) atoms. The van der Waals surface area contributed by atoms with Gasteiger partial charge in [-0.15, -0.1) is 10.2 Å². The van der Waals surface area contributed by atoms with Crippen LogP contribution in [0.25, 0.3) is 0 Å². The maximum absolute atomic E-state index is 12.7. The minimum absolute atomic E-state index is 0.119. The number of piperidine rings is 1. The Balaban J connectivity index is 1.33. The Morgan fingerprint density at radius 3 is 1.89 bits per heavy atom. The molecule has 148 valence electrons. The van der Waals surface area contributed by atoms with Crippen molar-refractivity contribution >= 4 is 17.5 Å². The number of amides is 1. The normalized spacial score (nSPS) is 17.7. The summed E-state index contributed by atoms with van der Waals surface area (Å²) in [6.45, 7) is 7.28. The van der Waals surface area contributed by atoms with Gasteiger partial charge in [0.2, 0.25) is 0 Å².